The molecule has 4 aromatic rings. The summed E-state index contributed by atoms with van der Waals surface area (Å²) in [5.74, 6) is 1.43. The van der Waals surface area contributed by atoms with E-state index in [0.717, 1.165) is 27.7 Å². The number of carbonyl (C=O) groups excluding carboxylic acids is 1. The average molecular weight is 427 g/mol. The molecule has 5 heteroatoms. The van der Waals surface area contributed by atoms with Crippen LogP contribution in [0.5, 0.6) is 11.5 Å². The summed E-state index contributed by atoms with van der Waals surface area (Å²) in [7, 11) is 3.22. The fourth-order valence-electron chi connectivity index (χ4n) is 3.82. The molecular weight excluding hydrogens is 400 g/mol. The van der Waals surface area contributed by atoms with E-state index in [4.69, 9.17) is 14.5 Å². The van der Waals surface area contributed by atoms with Crippen molar-refractivity contribution in [1.29, 1.82) is 0 Å². The van der Waals surface area contributed by atoms with E-state index in [-0.39, 0.29) is 5.91 Å². The predicted molar refractivity (Wildman–Crippen MR) is 129 cm³/mol. The first-order valence-electron chi connectivity index (χ1n) is 10.5. The minimum absolute atomic E-state index is 0.176. The van der Waals surface area contributed by atoms with Gasteiger partial charge in [-0.05, 0) is 41.8 Å². The fraction of sp³-hybridized carbons (Fsp3) is 0.185. The lowest BCUT2D eigenvalue weighted by molar-refractivity contribution is 0.102. The summed E-state index contributed by atoms with van der Waals surface area (Å²) in [4.78, 5) is 18.3. The molecule has 0 radical (unpaired) electrons. The van der Waals surface area contributed by atoms with Crippen molar-refractivity contribution in [2.45, 2.75) is 19.8 Å². The Hall–Kier alpha value is -3.86. The normalized spacial score (nSPS) is 10.9. The van der Waals surface area contributed by atoms with Crippen LogP contribution in [0.4, 0.5) is 5.69 Å². The Morgan fingerprint density at radius 2 is 1.66 bits per heavy atom. The molecule has 0 bridgehead atoms. The number of pyridine rings is 1. The predicted octanol–water partition coefficient (Wildman–Crippen LogP) is 6.29. The lowest BCUT2D eigenvalue weighted by Gasteiger charge is -2.16. The van der Waals surface area contributed by atoms with E-state index in [9.17, 15) is 4.79 Å². The third kappa shape index (κ3) is 4.14. The maximum Gasteiger partial charge on any atom is 0.256 e. The number of ether oxygens (including phenoxy) is 2. The van der Waals surface area contributed by atoms with Crippen LogP contribution in [0.15, 0.2) is 72.8 Å². The maximum absolute atomic E-state index is 13.5. The molecule has 0 aliphatic carbocycles. The Balaban J connectivity index is 1.83. The first kappa shape index (κ1) is 21.4. The Labute approximate surface area is 188 Å². The molecule has 0 saturated heterocycles. The molecule has 0 fully saturated rings. The van der Waals surface area contributed by atoms with Gasteiger partial charge in [0.05, 0.1) is 31.0 Å². The molecule has 1 N–H and O–H groups in total. The third-order valence-corrected chi connectivity index (χ3v) is 5.48. The van der Waals surface area contributed by atoms with E-state index in [1.54, 1.807) is 14.2 Å². The van der Waals surface area contributed by atoms with Gasteiger partial charge in [0.25, 0.3) is 5.91 Å². The number of aromatic nitrogens is 1. The van der Waals surface area contributed by atoms with Gasteiger partial charge in [0, 0.05) is 22.7 Å². The summed E-state index contributed by atoms with van der Waals surface area (Å²) in [5.41, 5.74) is 4.65. The van der Waals surface area contributed by atoms with Gasteiger partial charge in [0.2, 0.25) is 0 Å². The molecule has 5 nitrogen and oxygen atoms in total. The Bertz CT molecular complexity index is 1280. The molecule has 1 amide bonds. The molecule has 4 rings (SSSR count). The zero-order valence-electron chi connectivity index (χ0n) is 18.7. The summed E-state index contributed by atoms with van der Waals surface area (Å²) in [6.45, 7) is 4.22. The van der Waals surface area contributed by atoms with Gasteiger partial charge in [-0.2, -0.15) is 0 Å². The van der Waals surface area contributed by atoms with E-state index < -0.39 is 0 Å². The molecule has 0 unspecified atom stereocenters. The first-order valence-corrected chi connectivity index (χ1v) is 10.5. The number of hydrogen-bond acceptors (Lipinski definition) is 4. The number of benzene rings is 3. The molecule has 32 heavy (non-hydrogen) atoms. The monoisotopic (exact) mass is 426 g/mol. The van der Waals surface area contributed by atoms with Crippen molar-refractivity contribution in [1.82, 2.24) is 4.98 Å². The standard InChI is InChI=1S/C27H26N2O3/c1-17(2)19-9-5-7-11-23(19)29-27(30)22-16-25(28-24-12-8-6-10-20(22)24)21-14-13-18(31-3)15-26(21)32-4/h5-17H,1-4H3,(H,29,30). The van der Waals surface area contributed by atoms with Crippen LogP contribution in [-0.4, -0.2) is 25.1 Å². The second-order valence-corrected chi connectivity index (χ2v) is 7.83. The number of fused-ring (bicyclic) bond motifs is 1. The second-order valence-electron chi connectivity index (χ2n) is 7.83. The molecule has 0 spiro atoms. The lowest BCUT2D eigenvalue weighted by atomic mass is 10.00. The van der Waals surface area contributed by atoms with Crippen LogP contribution >= 0.6 is 0 Å². The summed E-state index contributed by atoms with van der Waals surface area (Å²) in [6, 6.07) is 22.9. The fourth-order valence-corrected chi connectivity index (χ4v) is 3.82. The molecule has 0 atom stereocenters. The molecule has 162 valence electrons. The summed E-state index contributed by atoms with van der Waals surface area (Å²) in [5, 5.41) is 3.90. The number of amides is 1. The Morgan fingerprint density at radius 3 is 2.41 bits per heavy atom. The van der Waals surface area contributed by atoms with E-state index in [2.05, 4.69) is 19.2 Å². The molecular formula is C27H26N2O3. The number of anilines is 1. The number of carbonyl (C=O) groups is 1. The average Bonchev–Trinajstić information content (AvgIpc) is 2.83. The highest BCUT2D eigenvalue weighted by molar-refractivity contribution is 6.13. The largest absolute Gasteiger partial charge is 0.497 e. The third-order valence-electron chi connectivity index (χ3n) is 5.48. The molecule has 3 aromatic carbocycles. The van der Waals surface area contributed by atoms with Crippen LogP contribution in [0.2, 0.25) is 0 Å². The van der Waals surface area contributed by atoms with Crippen LogP contribution in [0.3, 0.4) is 0 Å². The maximum atomic E-state index is 13.5. The number of para-hydroxylation sites is 2. The summed E-state index contributed by atoms with van der Waals surface area (Å²) >= 11 is 0. The number of rotatable bonds is 6. The van der Waals surface area contributed by atoms with Gasteiger partial charge in [-0.1, -0.05) is 50.2 Å². The van der Waals surface area contributed by atoms with Crippen molar-refractivity contribution >= 4 is 22.5 Å². The summed E-state index contributed by atoms with van der Waals surface area (Å²) in [6.07, 6.45) is 0. The Kier molecular flexibility index (Phi) is 6.08. The van der Waals surface area contributed by atoms with Crippen molar-refractivity contribution in [2.75, 3.05) is 19.5 Å². The van der Waals surface area contributed by atoms with Gasteiger partial charge < -0.3 is 14.8 Å². The van der Waals surface area contributed by atoms with Gasteiger partial charge in [0.15, 0.2) is 0 Å². The first-order chi connectivity index (χ1) is 15.5. The smallest absolute Gasteiger partial charge is 0.256 e. The number of methoxy groups -OCH3 is 2. The molecule has 1 heterocycles. The van der Waals surface area contributed by atoms with Gasteiger partial charge in [-0.15, -0.1) is 0 Å². The minimum Gasteiger partial charge on any atom is -0.497 e. The quantitative estimate of drug-likeness (QED) is 0.393. The van der Waals surface area contributed by atoms with Crippen LogP contribution < -0.4 is 14.8 Å². The van der Waals surface area contributed by atoms with E-state index >= 15 is 0 Å². The molecule has 0 aliphatic heterocycles. The van der Waals surface area contributed by atoms with Crippen LogP contribution in [0.1, 0.15) is 35.7 Å². The van der Waals surface area contributed by atoms with Crippen LogP contribution in [0.25, 0.3) is 22.2 Å². The zero-order valence-corrected chi connectivity index (χ0v) is 18.7. The molecule has 1 aromatic heterocycles. The van der Waals surface area contributed by atoms with E-state index in [0.29, 0.717) is 28.7 Å². The minimum atomic E-state index is -0.176. The van der Waals surface area contributed by atoms with Gasteiger partial charge in [0.1, 0.15) is 11.5 Å². The van der Waals surface area contributed by atoms with Gasteiger partial charge in [-0.3, -0.25) is 4.79 Å². The highest BCUT2D eigenvalue weighted by Crippen LogP contribution is 2.34. The zero-order chi connectivity index (χ0) is 22.7. The highest BCUT2D eigenvalue weighted by atomic mass is 16.5. The number of hydrogen-bond donors (Lipinski definition) is 1. The van der Waals surface area contributed by atoms with Crippen molar-refractivity contribution in [2.24, 2.45) is 0 Å². The Morgan fingerprint density at radius 1 is 0.906 bits per heavy atom. The van der Waals surface area contributed by atoms with Crippen molar-refractivity contribution in [3.63, 3.8) is 0 Å². The SMILES string of the molecule is COc1ccc(-c2cc(C(=O)Nc3ccccc3C(C)C)c3ccccc3n2)c(OC)c1. The summed E-state index contributed by atoms with van der Waals surface area (Å²) < 4.78 is 10.9. The van der Waals surface area contributed by atoms with E-state index in [1.807, 2.05) is 72.8 Å². The van der Waals surface area contributed by atoms with Crippen LogP contribution in [-0.2, 0) is 0 Å². The van der Waals surface area contributed by atoms with Gasteiger partial charge in [-0.25, -0.2) is 4.98 Å². The molecule has 0 aliphatic rings. The number of nitrogens with one attached hydrogen (secondary N) is 1. The highest BCUT2D eigenvalue weighted by Gasteiger charge is 2.18. The van der Waals surface area contributed by atoms with Crippen molar-refractivity contribution in [3.8, 4) is 22.8 Å². The van der Waals surface area contributed by atoms with Crippen molar-refractivity contribution in [3.05, 3.63) is 83.9 Å². The van der Waals surface area contributed by atoms with E-state index in [1.165, 1.54) is 0 Å². The molecule has 0 saturated carbocycles. The lowest BCUT2D eigenvalue weighted by Crippen LogP contribution is -2.14. The van der Waals surface area contributed by atoms with Crippen LogP contribution in [0, 0.1) is 0 Å². The number of nitrogens with zero attached hydrogens (tertiary/aromatic N) is 1. The van der Waals surface area contributed by atoms with Gasteiger partial charge >= 0.3 is 0 Å². The topological polar surface area (TPSA) is 60.5 Å². The van der Waals surface area contributed by atoms with Crippen molar-refractivity contribution < 1.29 is 14.3 Å². The second kappa shape index (κ2) is 9.10.